The fourth-order valence-corrected chi connectivity index (χ4v) is 5.70. The molecule has 0 bridgehead atoms. The van der Waals surface area contributed by atoms with E-state index in [0.29, 0.717) is 30.4 Å². The van der Waals surface area contributed by atoms with Crippen molar-refractivity contribution in [2.45, 2.75) is 50.5 Å². The van der Waals surface area contributed by atoms with Gasteiger partial charge in [-0.15, -0.1) is 4.40 Å². The number of aromatic nitrogens is 2. The van der Waals surface area contributed by atoms with E-state index in [4.69, 9.17) is 0 Å². The molecule has 0 aliphatic carbocycles. The minimum Gasteiger partial charge on any atom is -0.328 e. The lowest BCUT2D eigenvalue weighted by Gasteiger charge is -2.29. The van der Waals surface area contributed by atoms with Gasteiger partial charge in [-0.1, -0.05) is 25.5 Å². The van der Waals surface area contributed by atoms with Gasteiger partial charge in [-0.05, 0) is 49.6 Å². The second-order valence-electron chi connectivity index (χ2n) is 8.16. The lowest BCUT2D eigenvalue weighted by molar-refractivity contribution is 0.102. The first-order chi connectivity index (χ1) is 15.5. The number of amidine groups is 1. The molecule has 2 aliphatic heterocycles. The van der Waals surface area contributed by atoms with Crippen molar-refractivity contribution in [2.24, 2.45) is 4.40 Å². The van der Waals surface area contributed by atoms with Gasteiger partial charge in [0.2, 0.25) is 5.95 Å². The Balaban J connectivity index is 1.50. The van der Waals surface area contributed by atoms with Crippen LogP contribution >= 0.6 is 0 Å². The Kier molecular flexibility index (Phi) is 5.21. The molecule has 1 saturated heterocycles. The zero-order chi connectivity index (χ0) is 22.3. The molecule has 8 nitrogen and oxygen atoms in total. The third kappa shape index (κ3) is 3.56. The van der Waals surface area contributed by atoms with Crippen molar-refractivity contribution in [1.82, 2.24) is 9.55 Å². The molecule has 166 valence electrons. The van der Waals surface area contributed by atoms with Crippen LogP contribution in [0.5, 0.6) is 0 Å². The predicted octanol–water partition coefficient (Wildman–Crippen LogP) is 4.18. The van der Waals surface area contributed by atoms with Crippen LogP contribution in [-0.2, 0) is 16.6 Å². The van der Waals surface area contributed by atoms with Gasteiger partial charge in [-0.25, -0.2) is 4.98 Å². The summed E-state index contributed by atoms with van der Waals surface area (Å²) in [7, 11) is -3.85. The van der Waals surface area contributed by atoms with Gasteiger partial charge in [0.05, 0.1) is 16.7 Å². The SMILES string of the molecule is CCCn1c(NC(=O)c2ccc3c(c2)S(=O)(=O)N=C2CCCCCN23)nc2ccccc21. The van der Waals surface area contributed by atoms with E-state index >= 15 is 0 Å². The summed E-state index contributed by atoms with van der Waals surface area (Å²) in [6, 6.07) is 12.5. The van der Waals surface area contributed by atoms with Crippen LogP contribution in [0.15, 0.2) is 51.8 Å². The number of imidazole rings is 1. The summed E-state index contributed by atoms with van der Waals surface area (Å²) in [6.07, 6.45) is 4.49. The van der Waals surface area contributed by atoms with Crippen LogP contribution in [0.3, 0.4) is 0 Å². The van der Waals surface area contributed by atoms with E-state index < -0.39 is 15.9 Å². The van der Waals surface area contributed by atoms with E-state index in [1.807, 2.05) is 33.7 Å². The lowest BCUT2D eigenvalue weighted by Crippen LogP contribution is -2.35. The van der Waals surface area contributed by atoms with Gasteiger partial charge >= 0.3 is 0 Å². The Bertz CT molecular complexity index is 1340. The molecule has 2 aliphatic rings. The maximum atomic E-state index is 13.1. The number of nitrogens with zero attached hydrogens (tertiary/aromatic N) is 4. The summed E-state index contributed by atoms with van der Waals surface area (Å²) in [5.41, 5.74) is 2.61. The first-order valence-electron chi connectivity index (χ1n) is 11.0. The van der Waals surface area contributed by atoms with Gasteiger partial charge in [0.1, 0.15) is 10.7 Å². The monoisotopic (exact) mass is 451 g/mol. The summed E-state index contributed by atoms with van der Waals surface area (Å²) in [5.74, 6) is 0.647. The van der Waals surface area contributed by atoms with Gasteiger partial charge < -0.3 is 9.47 Å². The van der Waals surface area contributed by atoms with Crippen LogP contribution in [0.25, 0.3) is 11.0 Å². The molecule has 1 N–H and O–H groups in total. The third-order valence-electron chi connectivity index (χ3n) is 5.94. The van der Waals surface area contributed by atoms with Crippen molar-refractivity contribution in [3.05, 3.63) is 48.0 Å². The number of para-hydroxylation sites is 2. The van der Waals surface area contributed by atoms with Crippen LogP contribution in [0, 0.1) is 0 Å². The van der Waals surface area contributed by atoms with Crippen LogP contribution in [-0.4, -0.2) is 36.3 Å². The summed E-state index contributed by atoms with van der Waals surface area (Å²) >= 11 is 0. The Morgan fingerprint density at radius 2 is 1.97 bits per heavy atom. The normalized spacial score (nSPS) is 17.3. The molecule has 2 aromatic carbocycles. The maximum absolute atomic E-state index is 13.1. The number of amides is 1. The molecule has 32 heavy (non-hydrogen) atoms. The quantitative estimate of drug-likeness (QED) is 0.642. The average Bonchev–Trinajstić information content (AvgIpc) is 2.95. The molecule has 1 fully saturated rings. The number of anilines is 2. The molecule has 3 heterocycles. The van der Waals surface area contributed by atoms with Crippen LogP contribution in [0.4, 0.5) is 11.6 Å². The van der Waals surface area contributed by atoms with E-state index in [-0.39, 0.29) is 10.5 Å². The molecular formula is C23H25N5O3S. The Labute approximate surface area is 187 Å². The smallest absolute Gasteiger partial charge is 0.286 e. The Morgan fingerprint density at radius 1 is 1.12 bits per heavy atom. The number of hydrogen-bond donors (Lipinski definition) is 1. The lowest BCUT2D eigenvalue weighted by atomic mass is 10.1. The fraction of sp³-hybridized carbons (Fsp3) is 0.348. The van der Waals surface area contributed by atoms with Gasteiger partial charge in [-0.3, -0.25) is 10.1 Å². The highest BCUT2D eigenvalue weighted by molar-refractivity contribution is 7.90. The van der Waals surface area contributed by atoms with Crippen LogP contribution in [0.1, 0.15) is 49.4 Å². The highest BCUT2D eigenvalue weighted by Crippen LogP contribution is 2.35. The Hall–Kier alpha value is -3.20. The van der Waals surface area contributed by atoms with Crippen molar-refractivity contribution in [1.29, 1.82) is 0 Å². The van der Waals surface area contributed by atoms with Gasteiger partial charge in [-0.2, -0.15) is 8.42 Å². The fourth-order valence-electron chi connectivity index (χ4n) is 4.42. The van der Waals surface area contributed by atoms with E-state index in [1.54, 1.807) is 12.1 Å². The molecule has 0 unspecified atom stereocenters. The number of carbonyl (C=O) groups excluding carboxylic acids is 1. The van der Waals surface area contributed by atoms with Crippen LogP contribution in [0.2, 0.25) is 0 Å². The van der Waals surface area contributed by atoms with Crippen LogP contribution < -0.4 is 10.2 Å². The number of nitrogens with one attached hydrogen (secondary N) is 1. The first kappa shape index (κ1) is 20.7. The standard InChI is InChI=1S/C23H25N5O3S/c1-2-13-28-18-9-6-5-8-17(18)24-23(28)25-22(29)16-11-12-19-20(15-16)32(30,31)26-21-10-4-3-7-14-27(19)21/h5-6,8-9,11-12,15H,2-4,7,10,13-14H2,1H3,(H,24,25,29). The van der Waals surface area contributed by atoms with Gasteiger partial charge in [0.15, 0.2) is 0 Å². The maximum Gasteiger partial charge on any atom is 0.286 e. The predicted molar refractivity (Wildman–Crippen MR) is 125 cm³/mol. The topological polar surface area (TPSA) is 96.7 Å². The average molecular weight is 452 g/mol. The molecule has 0 atom stereocenters. The zero-order valence-electron chi connectivity index (χ0n) is 17.9. The largest absolute Gasteiger partial charge is 0.328 e. The number of carbonyl (C=O) groups is 1. The molecule has 0 spiro atoms. The highest BCUT2D eigenvalue weighted by Gasteiger charge is 2.32. The second-order valence-corrected chi connectivity index (χ2v) is 9.73. The van der Waals surface area contributed by atoms with Crippen molar-refractivity contribution < 1.29 is 13.2 Å². The molecule has 1 aromatic heterocycles. The van der Waals surface area contributed by atoms with E-state index in [1.165, 1.54) is 6.07 Å². The van der Waals surface area contributed by atoms with Gasteiger partial charge in [0, 0.05) is 25.1 Å². The third-order valence-corrected chi connectivity index (χ3v) is 7.27. The summed E-state index contributed by atoms with van der Waals surface area (Å²) in [6.45, 7) is 3.50. The minimum atomic E-state index is -3.85. The van der Waals surface area contributed by atoms with Gasteiger partial charge in [0.25, 0.3) is 15.9 Å². The van der Waals surface area contributed by atoms with Crippen molar-refractivity contribution >= 4 is 44.4 Å². The number of aryl methyl sites for hydroxylation is 1. The molecule has 0 radical (unpaired) electrons. The van der Waals surface area contributed by atoms with E-state index in [2.05, 4.69) is 21.6 Å². The number of benzene rings is 2. The second kappa shape index (κ2) is 8.05. The highest BCUT2D eigenvalue weighted by atomic mass is 32.2. The number of sulfonamides is 1. The summed E-state index contributed by atoms with van der Waals surface area (Å²) < 4.78 is 31.8. The number of rotatable bonds is 4. The molecule has 1 amide bonds. The summed E-state index contributed by atoms with van der Waals surface area (Å²) in [4.78, 5) is 19.7. The molecular weight excluding hydrogens is 426 g/mol. The minimum absolute atomic E-state index is 0.0814. The van der Waals surface area contributed by atoms with Crippen molar-refractivity contribution in [2.75, 3.05) is 16.8 Å². The molecule has 0 saturated carbocycles. The van der Waals surface area contributed by atoms with Crippen molar-refractivity contribution in [3.63, 3.8) is 0 Å². The first-order valence-corrected chi connectivity index (χ1v) is 12.4. The van der Waals surface area contributed by atoms with E-state index in [0.717, 1.165) is 43.3 Å². The van der Waals surface area contributed by atoms with Crippen molar-refractivity contribution in [3.8, 4) is 0 Å². The molecule has 9 heteroatoms. The Morgan fingerprint density at radius 3 is 2.81 bits per heavy atom. The number of hydrogen-bond acceptors (Lipinski definition) is 5. The molecule has 5 rings (SSSR count). The molecule has 3 aromatic rings. The zero-order valence-corrected chi connectivity index (χ0v) is 18.7. The number of fused-ring (bicyclic) bond motifs is 4. The van der Waals surface area contributed by atoms with E-state index in [9.17, 15) is 13.2 Å². The summed E-state index contributed by atoms with van der Waals surface area (Å²) in [5, 5.41) is 2.87.